The van der Waals surface area contributed by atoms with Gasteiger partial charge in [0, 0.05) is 24.4 Å². The maximum absolute atomic E-state index is 13.3. The summed E-state index contributed by atoms with van der Waals surface area (Å²) in [6, 6.07) is 7.77. The summed E-state index contributed by atoms with van der Waals surface area (Å²) in [5.74, 6) is 0.923. The highest BCUT2D eigenvalue weighted by Crippen LogP contribution is 2.59. The van der Waals surface area contributed by atoms with E-state index in [0.717, 1.165) is 11.3 Å². The molecule has 1 aliphatic carbocycles. The molecule has 3 atom stereocenters. The van der Waals surface area contributed by atoms with Crippen molar-refractivity contribution in [1.82, 2.24) is 10.2 Å². The van der Waals surface area contributed by atoms with Crippen LogP contribution >= 0.6 is 0 Å². The van der Waals surface area contributed by atoms with E-state index in [4.69, 9.17) is 10.5 Å². The molecule has 7 heteroatoms. The molecular weight excluding hydrogens is 392 g/mol. The number of para-hydroxylation sites is 1. The zero-order valence-electron chi connectivity index (χ0n) is 19.4. The highest BCUT2D eigenvalue weighted by atomic mass is 16.5. The molecular formula is C24H34N4O3. The maximum atomic E-state index is 13.3. The van der Waals surface area contributed by atoms with Gasteiger partial charge in [-0.1, -0.05) is 32.0 Å². The summed E-state index contributed by atoms with van der Waals surface area (Å²) in [5, 5.41) is 3.27. The van der Waals surface area contributed by atoms with Crippen molar-refractivity contribution in [2.45, 2.75) is 71.6 Å². The fourth-order valence-corrected chi connectivity index (χ4v) is 5.19. The molecule has 0 saturated heterocycles. The Labute approximate surface area is 184 Å². The average Bonchev–Trinajstić information content (AvgIpc) is 3.16. The lowest BCUT2D eigenvalue weighted by Crippen LogP contribution is -2.50. The molecule has 2 aliphatic heterocycles. The van der Waals surface area contributed by atoms with E-state index in [9.17, 15) is 9.59 Å². The number of rotatable bonds is 4. The minimum Gasteiger partial charge on any atom is -0.487 e. The number of carbonyl (C=O) groups excluding carboxylic acids is 2. The van der Waals surface area contributed by atoms with Gasteiger partial charge < -0.3 is 15.8 Å². The molecule has 2 unspecified atom stereocenters. The molecule has 7 nitrogen and oxygen atoms in total. The Bertz CT molecular complexity index is 950. The van der Waals surface area contributed by atoms with Crippen LogP contribution in [0.5, 0.6) is 5.75 Å². The number of carbonyl (C=O) groups is 2. The Balaban J connectivity index is 1.48. The van der Waals surface area contributed by atoms with Crippen molar-refractivity contribution in [2.24, 2.45) is 28.0 Å². The van der Waals surface area contributed by atoms with Crippen LogP contribution in [0.25, 0.3) is 0 Å². The van der Waals surface area contributed by atoms with Crippen LogP contribution in [0.4, 0.5) is 0 Å². The molecule has 2 amide bonds. The number of guanidine groups is 1. The van der Waals surface area contributed by atoms with Crippen LogP contribution < -0.4 is 15.8 Å². The largest absolute Gasteiger partial charge is 0.487 e. The Morgan fingerprint density at radius 3 is 2.58 bits per heavy atom. The third kappa shape index (κ3) is 4.02. The number of hydrogen-bond acceptors (Lipinski definition) is 5. The number of amides is 2. The summed E-state index contributed by atoms with van der Waals surface area (Å²) in [7, 11) is 0. The van der Waals surface area contributed by atoms with Gasteiger partial charge in [0.2, 0.25) is 11.8 Å². The van der Waals surface area contributed by atoms with Crippen LogP contribution in [0.3, 0.4) is 0 Å². The van der Waals surface area contributed by atoms with E-state index in [-0.39, 0.29) is 46.7 Å². The van der Waals surface area contributed by atoms with Gasteiger partial charge in [-0.05, 0) is 45.1 Å². The van der Waals surface area contributed by atoms with Crippen LogP contribution in [0, 0.1) is 17.3 Å². The predicted octanol–water partition coefficient (Wildman–Crippen LogP) is 3.00. The van der Waals surface area contributed by atoms with Crippen molar-refractivity contribution < 1.29 is 14.3 Å². The molecule has 0 aromatic heterocycles. The number of nitrogens with zero attached hydrogens (tertiary/aromatic N) is 2. The monoisotopic (exact) mass is 426 g/mol. The summed E-state index contributed by atoms with van der Waals surface area (Å²) in [6.07, 6.45) is 1.03. The maximum Gasteiger partial charge on any atom is 0.231 e. The van der Waals surface area contributed by atoms with Crippen molar-refractivity contribution in [2.75, 3.05) is 6.54 Å². The molecule has 4 rings (SSSR count). The number of nitrogens with one attached hydrogen (secondary N) is 1. The highest BCUT2D eigenvalue weighted by molar-refractivity contribution is 5.99. The normalized spacial score (nSPS) is 30.0. The number of fused-ring (bicyclic) bond motifs is 1. The lowest BCUT2D eigenvalue weighted by atomic mass is 9.89. The van der Waals surface area contributed by atoms with E-state index < -0.39 is 5.54 Å². The third-order valence-electron chi connectivity index (χ3n) is 6.98. The van der Waals surface area contributed by atoms with E-state index in [1.54, 1.807) is 4.90 Å². The Kier molecular flexibility index (Phi) is 4.87. The number of nitrogens with two attached hydrogens (primary N) is 1. The second-order valence-corrected chi connectivity index (χ2v) is 11.0. The van der Waals surface area contributed by atoms with E-state index in [1.165, 1.54) is 0 Å². The van der Waals surface area contributed by atoms with E-state index in [2.05, 4.69) is 24.2 Å². The van der Waals surface area contributed by atoms with Crippen LogP contribution in [0.15, 0.2) is 29.3 Å². The fraction of sp³-hybridized carbons (Fsp3) is 0.625. The van der Waals surface area contributed by atoms with Crippen LogP contribution in [-0.4, -0.2) is 40.4 Å². The smallest absolute Gasteiger partial charge is 0.231 e. The SMILES string of the molecule is CC1(C)CC(=O)N(CC2C(C(=O)N[C@H]3CC(C)(C)Oc4ccccc43)C2(C)C)C(N)=N1. The van der Waals surface area contributed by atoms with E-state index in [0.29, 0.717) is 19.4 Å². The second kappa shape index (κ2) is 6.97. The molecule has 1 aromatic carbocycles. The van der Waals surface area contributed by atoms with E-state index in [1.807, 2.05) is 52.0 Å². The molecule has 1 saturated carbocycles. The lowest BCUT2D eigenvalue weighted by molar-refractivity contribution is -0.130. The van der Waals surface area contributed by atoms with Crippen LogP contribution in [0.2, 0.25) is 0 Å². The first-order valence-electron chi connectivity index (χ1n) is 11.0. The Morgan fingerprint density at radius 2 is 1.90 bits per heavy atom. The van der Waals surface area contributed by atoms with Gasteiger partial charge in [0.25, 0.3) is 0 Å². The number of benzene rings is 1. The van der Waals surface area contributed by atoms with Gasteiger partial charge in [-0.25, -0.2) is 4.99 Å². The lowest BCUT2D eigenvalue weighted by Gasteiger charge is -2.38. The van der Waals surface area contributed by atoms with Gasteiger partial charge >= 0.3 is 0 Å². The topological polar surface area (TPSA) is 97.0 Å². The second-order valence-electron chi connectivity index (χ2n) is 11.0. The Hall–Kier alpha value is -2.57. The van der Waals surface area contributed by atoms with Crippen molar-refractivity contribution in [3.8, 4) is 5.75 Å². The number of ether oxygens (including phenoxy) is 1. The van der Waals surface area contributed by atoms with Gasteiger partial charge in [-0.15, -0.1) is 0 Å². The van der Waals surface area contributed by atoms with Crippen molar-refractivity contribution in [3.63, 3.8) is 0 Å². The quantitative estimate of drug-likeness (QED) is 0.773. The zero-order chi connectivity index (χ0) is 22.8. The van der Waals surface area contributed by atoms with E-state index >= 15 is 0 Å². The molecule has 0 radical (unpaired) electrons. The number of hydrogen-bond donors (Lipinski definition) is 2. The molecule has 2 heterocycles. The molecule has 168 valence electrons. The summed E-state index contributed by atoms with van der Waals surface area (Å²) in [5.41, 5.74) is 6.07. The van der Waals surface area contributed by atoms with Gasteiger partial charge in [0.05, 0.1) is 18.0 Å². The van der Waals surface area contributed by atoms with Crippen molar-refractivity contribution in [3.05, 3.63) is 29.8 Å². The third-order valence-corrected chi connectivity index (χ3v) is 6.98. The molecule has 3 N–H and O–H groups in total. The van der Waals surface area contributed by atoms with Gasteiger partial charge in [-0.2, -0.15) is 0 Å². The van der Waals surface area contributed by atoms with Crippen LogP contribution in [0.1, 0.15) is 66.0 Å². The minimum absolute atomic E-state index is 0.0211. The highest BCUT2D eigenvalue weighted by Gasteiger charge is 2.62. The predicted molar refractivity (Wildman–Crippen MR) is 119 cm³/mol. The minimum atomic E-state index is -0.475. The fourth-order valence-electron chi connectivity index (χ4n) is 5.19. The first-order valence-corrected chi connectivity index (χ1v) is 11.0. The molecule has 0 bridgehead atoms. The Morgan fingerprint density at radius 1 is 1.23 bits per heavy atom. The molecule has 31 heavy (non-hydrogen) atoms. The molecule has 1 aromatic rings. The number of aliphatic imine (C=N–C) groups is 1. The molecule has 0 spiro atoms. The summed E-state index contributed by atoms with van der Waals surface area (Å²) < 4.78 is 6.09. The summed E-state index contributed by atoms with van der Waals surface area (Å²) in [6.45, 7) is 12.5. The van der Waals surface area contributed by atoms with Crippen LogP contribution in [-0.2, 0) is 9.59 Å². The summed E-state index contributed by atoms with van der Waals surface area (Å²) >= 11 is 0. The van der Waals surface area contributed by atoms with Gasteiger partial charge in [-0.3, -0.25) is 14.5 Å². The molecule has 1 fully saturated rings. The average molecular weight is 427 g/mol. The first kappa shape index (κ1) is 21.7. The van der Waals surface area contributed by atoms with Crippen molar-refractivity contribution >= 4 is 17.8 Å². The van der Waals surface area contributed by atoms with Gasteiger partial charge in [0.1, 0.15) is 11.4 Å². The summed E-state index contributed by atoms with van der Waals surface area (Å²) in [4.78, 5) is 32.0. The first-order chi connectivity index (χ1) is 14.3. The molecule has 3 aliphatic rings. The van der Waals surface area contributed by atoms with Crippen molar-refractivity contribution in [1.29, 1.82) is 0 Å². The van der Waals surface area contributed by atoms with Gasteiger partial charge in [0.15, 0.2) is 5.96 Å². The zero-order valence-corrected chi connectivity index (χ0v) is 19.4. The standard InChI is InChI=1S/C24H34N4O3/c1-22(2)12-18(29)28(21(25)27-22)13-15-19(24(15,5)6)20(30)26-16-11-23(3,4)31-17-10-8-7-9-14(16)17/h7-10,15-16,19H,11-13H2,1-6H3,(H2,25,27)(H,26,30)/t15?,16-,19?/m0/s1.